The van der Waals surface area contributed by atoms with Gasteiger partial charge in [-0.1, -0.05) is 49.0 Å². The number of benzene rings is 2. The molecule has 3 aromatic rings. The van der Waals surface area contributed by atoms with Gasteiger partial charge in [-0.25, -0.2) is 4.98 Å². The summed E-state index contributed by atoms with van der Waals surface area (Å²) in [7, 11) is 0. The van der Waals surface area contributed by atoms with Crippen LogP contribution in [0.25, 0.3) is 16.6 Å². The maximum atomic E-state index is 5.79. The fourth-order valence-electron chi connectivity index (χ4n) is 2.90. The van der Waals surface area contributed by atoms with Gasteiger partial charge >= 0.3 is 0 Å². The van der Waals surface area contributed by atoms with Gasteiger partial charge < -0.3 is 14.0 Å². The predicted octanol–water partition coefficient (Wildman–Crippen LogP) is 4.82. The molecule has 0 fully saturated rings. The van der Waals surface area contributed by atoms with E-state index in [0.717, 1.165) is 28.0 Å². The monoisotopic (exact) mass is 336 g/mol. The van der Waals surface area contributed by atoms with Crippen LogP contribution in [-0.2, 0) is 16.0 Å². The van der Waals surface area contributed by atoms with Crippen LogP contribution in [0.4, 0.5) is 0 Å². The van der Waals surface area contributed by atoms with Crippen LogP contribution in [0.15, 0.2) is 61.2 Å². The maximum Gasteiger partial charge on any atom is 0.217 e. The molecule has 3 rings (SSSR count). The molecule has 0 unspecified atom stereocenters. The lowest BCUT2D eigenvalue weighted by molar-refractivity contribution is -0.146. The van der Waals surface area contributed by atoms with Gasteiger partial charge in [-0.15, -0.1) is 0 Å². The van der Waals surface area contributed by atoms with Crippen LogP contribution >= 0.6 is 0 Å². The topological polar surface area (TPSA) is 36.3 Å². The molecular weight excluding hydrogens is 312 g/mol. The minimum absolute atomic E-state index is 0.481. The molecule has 0 atom stereocenters. The predicted molar refractivity (Wildman–Crippen MR) is 101 cm³/mol. The van der Waals surface area contributed by atoms with Gasteiger partial charge in [0.25, 0.3) is 0 Å². The van der Waals surface area contributed by atoms with Gasteiger partial charge in [-0.05, 0) is 37.1 Å². The average molecular weight is 336 g/mol. The molecule has 25 heavy (non-hydrogen) atoms. The number of hydrogen-bond acceptors (Lipinski definition) is 3. The van der Waals surface area contributed by atoms with Crippen LogP contribution in [0.5, 0.6) is 0 Å². The summed E-state index contributed by atoms with van der Waals surface area (Å²) in [5.41, 5.74) is 4.13. The first kappa shape index (κ1) is 17.4. The number of aromatic nitrogens is 2. The Labute approximate surface area is 148 Å². The lowest BCUT2D eigenvalue weighted by Crippen LogP contribution is -2.16. The van der Waals surface area contributed by atoms with Crippen LogP contribution in [0.3, 0.4) is 0 Å². The molecule has 0 aliphatic heterocycles. The van der Waals surface area contributed by atoms with Crippen molar-refractivity contribution in [3.05, 3.63) is 72.6 Å². The van der Waals surface area contributed by atoms with Crippen molar-refractivity contribution in [2.45, 2.75) is 26.7 Å². The van der Waals surface area contributed by atoms with Crippen LogP contribution < -0.4 is 0 Å². The van der Waals surface area contributed by atoms with Gasteiger partial charge in [-0.3, -0.25) is 0 Å². The first-order chi connectivity index (χ1) is 12.2. The van der Waals surface area contributed by atoms with E-state index < -0.39 is 6.29 Å². The Bertz CT molecular complexity index is 833. The second-order valence-corrected chi connectivity index (χ2v) is 5.76. The van der Waals surface area contributed by atoms with Gasteiger partial charge in [0.2, 0.25) is 6.29 Å². The minimum Gasteiger partial charge on any atom is -0.346 e. The van der Waals surface area contributed by atoms with E-state index >= 15 is 0 Å². The smallest absolute Gasteiger partial charge is 0.217 e. The summed E-state index contributed by atoms with van der Waals surface area (Å²) in [5.74, 6) is 0.780. The summed E-state index contributed by atoms with van der Waals surface area (Å²) in [6, 6.07) is 18.3. The standard InChI is InChI=1S/C21H24N2O2/c1-4-24-21(25-5-2)20-22-18-13-9-10-14-19(18)23(20)15-16(3)17-11-7-6-8-12-17/h6-14,21H,3-5,15H2,1-2H3. The van der Waals surface area contributed by atoms with E-state index in [0.29, 0.717) is 19.8 Å². The van der Waals surface area contributed by atoms with E-state index in [9.17, 15) is 0 Å². The summed E-state index contributed by atoms with van der Waals surface area (Å²) < 4.78 is 13.7. The van der Waals surface area contributed by atoms with Crippen molar-refractivity contribution in [2.24, 2.45) is 0 Å². The second kappa shape index (κ2) is 8.10. The molecule has 0 aliphatic rings. The average Bonchev–Trinajstić information content (AvgIpc) is 3.01. The molecule has 4 nitrogen and oxygen atoms in total. The molecule has 0 amide bonds. The summed E-state index contributed by atoms with van der Waals surface area (Å²) in [6.45, 7) is 9.95. The zero-order valence-corrected chi connectivity index (χ0v) is 14.8. The van der Waals surface area contributed by atoms with E-state index in [1.807, 2.05) is 50.2 Å². The van der Waals surface area contributed by atoms with Gasteiger partial charge in [0.1, 0.15) is 0 Å². The molecule has 0 spiro atoms. The van der Waals surface area contributed by atoms with Gasteiger partial charge in [-0.2, -0.15) is 0 Å². The number of allylic oxidation sites excluding steroid dienone is 1. The second-order valence-electron chi connectivity index (χ2n) is 5.76. The largest absolute Gasteiger partial charge is 0.346 e. The van der Waals surface area contributed by atoms with Crippen LogP contribution in [-0.4, -0.2) is 22.8 Å². The van der Waals surface area contributed by atoms with Crippen LogP contribution in [0.1, 0.15) is 31.5 Å². The molecule has 0 saturated heterocycles. The third kappa shape index (κ3) is 3.81. The number of ether oxygens (including phenoxy) is 2. The quantitative estimate of drug-likeness (QED) is 0.553. The molecule has 4 heteroatoms. The Kier molecular flexibility index (Phi) is 5.64. The SMILES string of the molecule is C=C(Cn1c(C(OCC)OCC)nc2ccccc21)c1ccccc1. The summed E-state index contributed by atoms with van der Waals surface area (Å²) in [5, 5.41) is 0. The number of hydrogen-bond donors (Lipinski definition) is 0. The first-order valence-electron chi connectivity index (χ1n) is 8.66. The van der Waals surface area contributed by atoms with Crippen molar-refractivity contribution in [3.63, 3.8) is 0 Å². The Morgan fingerprint density at radius 3 is 2.32 bits per heavy atom. The highest BCUT2D eigenvalue weighted by molar-refractivity contribution is 5.77. The highest BCUT2D eigenvalue weighted by Crippen LogP contribution is 2.27. The minimum atomic E-state index is -0.481. The number of fused-ring (bicyclic) bond motifs is 1. The summed E-state index contributed by atoms with van der Waals surface area (Å²) in [4.78, 5) is 4.77. The first-order valence-corrected chi connectivity index (χ1v) is 8.66. The molecule has 0 saturated carbocycles. The Morgan fingerprint density at radius 2 is 1.64 bits per heavy atom. The van der Waals surface area contributed by atoms with Crippen molar-refractivity contribution in [3.8, 4) is 0 Å². The van der Waals surface area contributed by atoms with Crippen LogP contribution in [0, 0.1) is 0 Å². The number of para-hydroxylation sites is 2. The van der Waals surface area contributed by atoms with Crippen molar-refractivity contribution in [2.75, 3.05) is 13.2 Å². The highest BCUT2D eigenvalue weighted by atomic mass is 16.7. The van der Waals surface area contributed by atoms with Crippen LogP contribution in [0.2, 0.25) is 0 Å². The van der Waals surface area contributed by atoms with Gasteiger partial charge in [0.15, 0.2) is 5.82 Å². The van der Waals surface area contributed by atoms with Crippen molar-refractivity contribution in [1.29, 1.82) is 0 Å². The van der Waals surface area contributed by atoms with Crippen molar-refractivity contribution in [1.82, 2.24) is 9.55 Å². The van der Waals surface area contributed by atoms with E-state index in [4.69, 9.17) is 14.5 Å². The third-order valence-electron chi connectivity index (χ3n) is 4.06. The lowest BCUT2D eigenvalue weighted by Gasteiger charge is -2.19. The fourth-order valence-corrected chi connectivity index (χ4v) is 2.90. The molecule has 130 valence electrons. The van der Waals surface area contributed by atoms with Gasteiger partial charge in [0, 0.05) is 19.8 Å². The zero-order chi connectivity index (χ0) is 17.6. The molecular formula is C21H24N2O2. The van der Waals surface area contributed by atoms with Gasteiger partial charge in [0.05, 0.1) is 11.0 Å². The third-order valence-corrected chi connectivity index (χ3v) is 4.06. The fraction of sp³-hybridized carbons (Fsp3) is 0.286. The lowest BCUT2D eigenvalue weighted by atomic mass is 10.1. The molecule has 1 aromatic heterocycles. The normalized spacial score (nSPS) is 11.3. The molecule has 1 heterocycles. The molecule has 2 aromatic carbocycles. The van der Waals surface area contributed by atoms with E-state index in [2.05, 4.69) is 29.3 Å². The zero-order valence-electron chi connectivity index (χ0n) is 14.8. The van der Waals surface area contributed by atoms with Crippen molar-refractivity contribution >= 4 is 16.6 Å². The Balaban J connectivity index is 2.02. The van der Waals surface area contributed by atoms with E-state index in [1.54, 1.807) is 0 Å². The molecule has 0 N–H and O–H groups in total. The van der Waals surface area contributed by atoms with E-state index in [-0.39, 0.29) is 0 Å². The summed E-state index contributed by atoms with van der Waals surface area (Å²) >= 11 is 0. The molecule has 0 bridgehead atoms. The number of nitrogens with zero attached hydrogens (tertiary/aromatic N) is 2. The maximum absolute atomic E-state index is 5.79. The van der Waals surface area contributed by atoms with Crippen molar-refractivity contribution < 1.29 is 9.47 Å². The number of imidazole rings is 1. The number of rotatable bonds is 8. The highest BCUT2D eigenvalue weighted by Gasteiger charge is 2.21. The Hall–Kier alpha value is -2.43. The van der Waals surface area contributed by atoms with E-state index in [1.165, 1.54) is 0 Å². The molecule has 0 aliphatic carbocycles. The Morgan fingerprint density at radius 1 is 1.00 bits per heavy atom. The molecule has 0 radical (unpaired) electrons. The summed E-state index contributed by atoms with van der Waals surface area (Å²) in [6.07, 6.45) is -0.481.